The molecule has 3 aromatic carbocycles. The van der Waals surface area contributed by atoms with E-state index >= 15 is 0 Å². The number of sulfonamides is 1. The molecule has 0 fully saturated rings. The van der Waals surface area contributed by atoms with Gasteiger partial charge in [0.2, 0.25) is 21.8 Å². The molecule has 11 nitrogen and oxygen atoms in total. The van der Waals surface area contributed by atoms with Crippen molar-refractivity contribution in [1.29, 1.82) is 0 Å². The third-order valence-electron chi connectivity index (χ3n) is 6.58. The van der Waals surface area contributed by atoms with E-state index < -0.39 is 44.4 Å². The second kappa shape index (κ2) is 13.6. The van der Waals surface area contributed by atoms with Gasteiger partial charge in [-0.05, 0) is 35.9 Å². The van der Waals surface area contributed by atoms with Crippen molar-refractivity contribution in [2.24, 2.45) is 5.73 Å². The zero-order valence-corrected chi connectivity index (χ0v) is 25.3. The van der Waals surface area contributed by atoms with Crippen LogP contribution in [0.1, 0.15) is 22.6 Å². The summed E-state index contributed by atoms with van der Waals surface area (Å²) in [7, 11) is -1.59. The number of ether oxygens (including phenoxy) is 2. The summed E-state index contributed by atoms with van der Waals surface area (Å²) in [6.07, 6.45) is -3.50. The smallest absolute Gasteiger partial charge is 0.404 e. The number of hydrogen-bond donors (Lipinski definition) is 3. The van der Waals surface area contributed by atoms with Crippen LogP contribution in [0.5, 0.6) is 11.5 Å². The summed E-state index contributed by atoms with van der Waals surface area (Å²) in [6, 6.07) is 15.2. The molecule has 4 rings (SSSR count). The summed E-state index contributed by atoms with van der Waals surface area (Å²) in [5, 5.41) is 6.86. The van der Waals surface area contributed by atoms with Crippen LogP contribution in [0.15, 0.2) is 78.0 Å². The number of nitrogens with one attached hydrogen (secondary N) is 2. The maximum Gasteiger partial charge on any atom is 0.404 e. The Labute approximate surface area is 261 Å². The van der Waals surface area contributed by atoms with Crippen LogP contribution in [0, 0.1) is 0 Å². The van der Waals surface area contributed by atoms with E-state index in [4.69, 9.17) is 26.8 Å². The molecule has 0 radical (unpaired) electrons. The van der Waals surface area contributed by atoms with Crippen LogP contribution in [-0.2, 0) is 32.6 Å². The molecule has 45 heavy (non-hydrogen) atoms. The number of halogens is 4. The Bertz CT molecular complexity index is 1830. The Morgan fingerprint density at radius 1 is 1.04 bits per heavy atom. The van der Waals surface area contributed by atoms with Crippen LogP contribution >= 0.6 is 11.6 Å². The normalized spacial score (nSPS) is 12.4. The highest BCUT2D eigenvalue weighted by atomic mass is 35.5. The summed E-state index contributed by atoms with van der Waals surface area (Å²) in [5.74, 6) is -4.02. The van der Waals surface area contributed by atoms with E-state index in [9.17, 15) is 31.2 Å². The highest BCUT2D eigenvalue weighted by Gasteiger charge is 2.45. The maximum atomic E-state index is 13.7. The first-order valence-electron chi connectivity index (χ1n) is 13.0. The number of alkyl halides is 3. The van der Waals surface area contributed by atoms with Crippen molar-refractivity contribution in [3.8, 4) is 17.2 Å². The van der Waals surface area contributed by atoms with E-state index in [0.29, 0.717) is 27.6 Å². The van der Waals surface area contributed by atoms with Crippen molar-refractivity contribution in [1.82, 2.24) is 14.5 Å². The van der Waals surface area contributed by atoms with E-state index in [2.05, 4.69) is 15.1 Å². The SMILES string of the molecule is COc1ccc(CNS(=O)(=O)c2cc(NC(=O)Cc3ccccc3Cl)ccc2-n2cc(C(C(N)=O)C(F)(F)F)cn2)c(OC)c1. The number of amides is 2. The number of benzene rings is 3. The number of primary amides is 1. The summed E-state index contributed by atoms with van der Waals surface area (Å²) in [5.41, 5.74) is 5.28. The molecule has 16 heteroatoms. The minimum absolute atomic E-state index is 0.0656. The van der Waals surface area contributed by atoms with Crippen LogP contribution < -0.4 is 25.2 Å². The number of rotatable bonds is 12. The summed E-state index contributed by atoms with van der Waals surface area (Å²) < 4.78 is 81.9. The van der Waals surface area contributed by atoms with E-state index in [0.717, 1.165) is 23.1 Å². The lowest BCUT2D eigenvalue weighted by Gasteiger charge is -2.16. The van der Waals surface area contributed by atoms with Gasteiger partial charge in [0, 0.05) is 40.6 Å². The Hall–Kier alpha value is -4.60. The highest BCUT2D eigenvalue weighted by molar-refractivity contribution is 7.89. The van der Waals surface area contributed by atoms with Crippen LogP contribution in [0.25, 0.3) is 5.69 Å². The van der Waals surface area contributed by atoms with Crippen LogP contribution in [0.3, 0.4) is 0 Å². The predicted molar refractivity (Wildman–Crippen MR) is 159 cm³/mol. The topological polar surface area (TPSA) is 155 Å². The molecule has 4 aromatic rings. The monoisotopic (exact) mass is 665 g/mol. The lowest BCUT2D eigenvalue weighted by atomic mass is 10.0. The third-order valence-corrected chi connectivity index (χ3v) is 8.38. The van der Waals surface area contributed by atoms with Crippen LogP contribution in [-0.4, -0.2) is 50.4 Å². The first kappa shape index (κ1) is 33.3. The van der Waals surface area contributed by atoms with Crippen molar-refractivity contribution in [2.45, 2.75) is 30.0 Å². The minimum Gasteiger partial charge on any atom is -0.497 e. The van der Waals surface area contributed by atoms with Crippen LogP contribution in [0.2, 0.25) is 5.02 Å². The molecule has 0 saturated heterocycles. The summed E-state index contributed by atoms with van der Waals surface area (Å²) >= 11 is 6.15. The number of methoxy groups -OCH3 is 2. The zero-order valence-electron chi connectivity index (χ0n) is 23.8. The Kier molecular flexibility index (Phi) is 10.1. The fourth-order valence-corrected chi connectivity index (χ4v) is 5.82. The van der Waals surface area contributed by atoms with Gasteiger partial charge in [0.25, 0.3) is 0 Å². The zero-order chi connectivity index (χ0) is 32.9. The fourth-order valence-electron chi connectivity index (χ4n) is 4.40. The predicted octanol–water partition coefficient (Wildman–Crippen LogP) is 4.33. The van der Waals surface area contributed by atoms with Gasteiger partial charge in [0.05, 0.1) is 32.5 Å². The molecule has 2 amide bonds. The molecule has 238 valence electrons. The van der Waals surface area contributed by atoms with E-state index in [-0.39, 0.29) is 24.3 Å². The molecule has 0 aliphatic rings. The summed E-state index contributed by atoms with van der Waals surface area (Å²) in [4.78, 5) is 24.0. The molecular formula is C29H27ClF3N5O6S. The number of carbonyl (C=O) groups is 2. The Morgan fingerprint density at radius 3 is 2.42 bits per heavy atom. The molecule has 1 atom stereocenters. The molecule has 1 aromatic heterocycles. The number of carbonyl (C=O) groups excluding carboxylic acids is 2. The van der Waals surface area contributed by atoms with E-state index in [1.807, 2.05) is 0 Å². The number of anilines is 1. The van der Waals surface area contributed by atoms with E-state index in [1.54, 1.807) is 42.5 Å². The van der Waals surface area contributed by atoms with Gasteiger partial charge in [-0.2, -0.15) is 18.3 Å². The fraction of sp³-hybridized carbons (Fsp3) is 0.207. The maximum absolute atomic E-state index is 13.7. The van der Waals surface area contributed by atoms with Crippen LogP contribution in [0.4, 0.5) is 18.9 Å². The molecule has 0 bridgehead atoms. The molecule has 0 aliphatic carbocycles. The molecule has 0 saturated carbocycles. The largest absolute Gasteiger partial charge is 0.497 e. The highest BCUT2D eigenvalue weighted by Crippen LogP contribution is 2.35. The second-order valence-corrected chi connectivity index (χ2v) is 11.7. The van der Waals surface area contributed by atoms with Gasteiger partial charge in [-0.1, -0.05) is 35.9 Å². The standard InChI is InChI=1S/C29H27ClF3N5O6S/c1-43-21-9-7-18(24(13-21)44-2)15-36-45(41,42)25-12-20(37-26(39)11-17-5-3-4-6-22(17)30)8-10-23(25)38-16-19(14-35-38)27(28(34)40)29(31,32)33/h3-10,12-14,16,27,36H,11,15H2,1-2H3,(H2,34,40)(H,37,39). The van der Waals surface area contributed by atoms with Gasteiger partial charge >= 0.3 is 6.18 Å². The minimum atomic E-state index is -5.01. The number of aromatic nitrogens is 2. The quantitative estimate of drug-likeness (QED) is 0.203. The average molecular weight is 666 g/mol. The second-order valence-electron chi connectivity index (χ2n) is 9.60. The van der Waals surface area contributed by atoms with Crippen molar-refractivity contribution in [3.63, 3.8) is 0 Å². The first-order chi connectivity index (χ1) is 21.2. The van der Waals surface area contributed by atoms with Crippen molar-refractivity contribution in [3.05, 3.63) is 94.8 Å². The first-order valence-corrected chi connectivity index (χ1v) is 14.9. The van der Waals surface area contributed by atoms with Gasteiger partial charge in [-0.3, -0.25) is 9.59 Å². The average Bonchev–Trinajstić information content (AvgIpc) is 3.45. The van der Waals surface area contributed by atoms with Gasteiger partial charge in [0.15, 0.2) is 5.92 Å². The van der Waals surface area contributed by atoms with Crippen molar-refractivity contribution >= 4 is 39.1 Å². The molecule has 4 N–H and O–H groups in total. The number of nitrogens with two attached hydrogens (primary N) is 1. The lowest BCUT2D eigenvalue weighted by Crippen LogP contribution is -2.33. The number of nitrogens with zero attached hydrogens (tertiary/aromatic N) is 2. The molecule has 0 spiro atoms. The van der Waals surface area contributed by atoms with Crippen molar-refractivity contribution < 1.29 is 40.7 Å². The molecule has 1 unspecified atom stereocenters. The van der Waals surface area contributed by atoms with Gasteiger partial charge in [-0.15, -0.1) is 0 Å². The van der Waals surface area contributed by atoms with Gasteiger partial charge in [-0.25, -0.2) is 17.8 Å². The lowest BCUT2D eigenvalue weighted by molar-refractivity contribution is -0.162. The molecule has 1 heterocycles. The Balaban J connectivity index is 1.72. The van der Waals surface area contributed by atoms with Gasteiger partial charge < -0.3 is 20.5 Å². The Morgan fingerprint density at radius 2 is 1.78 bits per heavy atom. The number of hydrogen-bond acceptors (Lipinski definition) is 7. The van der Waals surface area contributed by atoms with Gasteiger partial charge in [0.1, 0.15) is 16.4 Å². The third kappa shape index (κ3) is 7.92. The molecule has 0 aliphatic heterocycles. The van der Waals surface area contributed by atoms with E-state index in [1.165, 1.54) is 26.4 Å². The summed E-state index contributed by atoms with van der Waals surface area (Å²) in [6.45, 7) is -0.250. The molecular weight excluding hydrogens is 639 g/mol. The van der Waals surface area contributed by atoms with Crippen molar-refractivity contribution in [2.75, 3.05) is 19.5 Å².